The Balaban J connectivity index is 1.96. The van der Waals surface area contributed by atoms with E-state index < -0.39 is 0 Å². The summed E-state index contributed by atoms with van der Waals surface area (Å²) in [5.41, 5.74) is 0.0748. The summed E-state index contributed by atoms with van der Waals surface area (Å²) < 4.78 is 0. The molecule has 0 radical (unpaired) electrons. The van der Waals surface area contributed by atoms with Crippen molar-refractivity contribution in [3.05, 3.63) is 0 Å². The highest BCUT2D eigenvalue weighted by Gasteiger charge is 2.41. The Morgan fingerprint density at radius 2 is 1.76 bits per heavy atom. The molecule has 0 aromatic heterocycles. The van der Waals surface area contributed by atoms with Gasteiger partial charge in [-0.1, -0.05) is 26.7 Å². The monoisotopic (exact) mass is 239 g/mol. The number of likely N-dealkylation sites (tertiary alicyclic amines) is 1. The predicted octanol–water partition coefficient (Wildman–Crippen LogP) is 3.19. The Kier molecular flexibility index (Phi) is 4.48. The van der Waals surface area contributed by atoms with Crippen molar-refractivity contribution in [2.75, 3.05) is 13.1 Å². The van der Waals surface area contributed by atoms with Crippen molar-refractivity contribution in [3.63, 3.8) is 0 Å². The van der Waals surface area contributed by atoms with Gasteiger partial charge in [0, 0.05) is 5.54 Å². The molecule has 2 heteroatoms. The van der Waals surface area contributed by atoms with E-state index in [9.17, 15) is 5.11 Å². The van der Waals surface area contributed by atoms with Gasteiger partial charge in [-0.3, -0.25) is 4.90 Å². The standard InChI is InChI=1S/C15H29NO/c1-3-15(4-2,16-11-5-6-12-16)14(17)10-9-13-7-8-13/h13-14,17H,3-12H2,1-2H3. The van der Waals surface area contributed by atoms with Crippen LogP contribution in [0, 0.1) is 5.92 Å². The van der Waals surface area contributed by atoms with E-state index in [0.29, 0.717) is 0 Å². The quantitative estimate of drug-likeness (QED) is 0.737. The molecule has 1 N–H and O–H groups in total. The molecule has 2 fully saturated rings. The first kappa shape index (κ1) is 13.4. The van der Waals surface area contributed by atoms with Crippen LogP contribution in [0.1, 0.15) is 65.2 Å². The topological polar surface area (TPSA) is 23.5 Å². The van der Waals surface area contributed by atoms with Crippen LogP contribution in [0.3, 0.4) is 0 Å². The van der Waals surface area contributed by atoms with Gasteiger partial charge >= 0.3 is 0 Å². The summed E-state index contributed by atoms with van der Waals surface area (Å²) in [6, 6.07) is 0. The molecule has 1 aliphatic heterocycles. The van der Waals surface area contributed by atoms with Gasteiger partial charge in [0.15, 0.2) is 0 Å². The molecule has 0 bridgehead atoms. The molecule has 1 saturated heterocycles. The minimum Gasteiger partial charge on any atom is -0.391 e. The van der Waals surface area contributed by atoms with Crippen molar-refractivity contribution in [1.29, 1.82) is 0 Å². The van der Waals surface area contributed by atoms with Crippen LogP contribution in [-0.2, 0) is 0 Å². The van der Waals surface area contributed by atoms with Crippen LogP contribution in [0.15, 0.2) is 0 Å². The van der Waals surface area contributed by atoms with Crippen molar-refractivity contribution in [2.45, 2.75) is 76.9 Å². The zero-order valence-corrected chi connectivity index (χ0v) is 11.6. The Bertz CT molecular complexity index is 227. The second kappa shape index (κ2) is 5.71. The molecular formula is C15H29NO. The van der Waals surface area contributed by atoms with Crippen molar-refractivity contribution in [3.8, 4) is 0 Å². The van der Waals surface area contributed by atoms with E-state index in [1.54, 1.807) is 0 Å². The number of rotatable bonds is 7. The van der Waals surface area contributed by atoms with Crippen LogP contribution >= 0.6 is 0 Å². The Morgan fingerprint density at radius 3 is 2.24 bits per heavy atom. The van der Waals surface area contributed by atoms with Crippen molar-refractivity contribution < 1.29 is 5.11 Å². The third-order valence-electron chi connectivity index (χ3n) is 5.13. The SMILES string of the molecule is CCC(CC)(C(O)CCC1CC1)N1CCCC1. The summed E-state index contributed by atoms with van der Waals surface area (Å²) in [7, 11) is 0. The van der Waals surface area contributed by atoms with E-state index in [1.165, 1.54) is 45.2 Å². The van der Waals surface area contributed by atoms with E-state index in [4.69, 9.17) is 0 Å². The zero-order chi connectivity index (χ0) is 12.3. The van der Waals surface area contributed by atoms with Gasteiger partial charge < -0.3 is 5.11 Å². The van der Waals surface area contributed by atoms with Crippen molar-refractivity contribution in [2.24, 2.45) is 5.92 Å². The first-order valence-electron chi connectivity index (χ1n) is 7.66. The lowest BCUT2D eigenvalue weighted by Crippen LogP contribution is -2.55. The predicted molar refractivity (Wildman–Crippen MR) is 72.1 cm³/mol. The number of nitrogens with zero attached hydrogens (tertiary/aromatic N) is 1. The first-order valence-corrected chi connectivity index (χ1v) is 7.66. The molecule has 1 saturated carbocycles. The van der Waals surface area contributed by atoms with Gasteiger partial charge in [-0.15, -0.1) is 0 Å². The molecule has 1 aliphatic carbocycles. The molecule has 0 spiro atoms. The summed E-state index contributed by atoms with van der Waals surface area (Å²) >= 11 is 0. The highest BCUT2D eigenvalue weighted by molar-refractivity contribution is 4.97. The molecule has 17 heavy (non-hydrogen) atoms. The average Bonchev–Trinajstić information content (AvgIpc) is 3.03. The molecule has 2 nitrogen and oxygen atoms in total. The maximum atomic E-state index is 10.7. The Labute approximate surface area is 106 Å². The fourth-order valence-corrected chi connectivity index (χ4v) is 3.61. The van der Waals surface area contributed by atoms with Crippen LogP contribution < -0.4 is 0 Å². The number of hydrogen-bond donors (Lipinski definition) is 1. The highest BCUT2D eigenvalue weighted by Crippen LogP contribution is 2.38. The summed E-state index contributed by atoms with van der Waals surface area (Å²) in [5.74, 6) is 0.939. The minimum atomic E-state index is -0.115. The van der Waals surface area contributed by atoms with Crippen LogP contribution in [0.2, 0.25) is 0 Å². The van der Waals surface area contributed by atoms with Crippen LogP contribution in [0.4, 0.5) is 0 Å². The lowest BCUT2D eigenvalue weighted by atomic mass is 9.82. The second-order valence-electron chi connectivity index (χ2n) is 6.04. The van der Waals surface area contributed by atoms with E-state index in [2.05, 4.69) is 18.7 Å². The summed E-state index contributed by atoms with van der Waals surface area (Å²) in [6.07, 6.45) is 9.78. The van der Waals surface area contributed by atoms with Crippen molar-refractivity contribution >= 4 is 0 Å². The fraction of sp³-hybridized carbons (Fsp3) is 1.00. The maximum absolute atomic E-state index is 10.7. The third-order valence-corrected chi connectivity index (χ3v) is 5.13. The van der Waals surface area contributed by atoms with Gasteiger partial charge in [0.2, 0.25) is 0 Å². The van der Waals surface area contributed by atoms with Gasteiger partial charge in [0.1, 0.15) is 0 Å². The normalized spacial score (nSPS) is 24.2. The molecular weight excluding hydrogens is 210 g/mol. The van der Waals surface area contributed by atoms with Gasteiger partial charge in [0.05, 0.1) is 6.10 Å². The van der Waals surface area contributed by atoms with Gasteiger partial charge in [-0.25, -0.2) is 0 Å². The fourth-order valence-electron chi connectivity index (χ4n) is 3.61. The minimum absolute atomic E-state index is 0.0748. The second-order valence-corrected chi connectivity index (χ2v) is 6.04. The summed E-state index contributed by atoms with van der Waals surface area (Å²) in [6.45, 7) is 6.90. The van der Waals surface area contributed by atoms with E-state index in [0.717, 1.165) is 25.2 Å². The van der Waals surface area contributed by atoms with Gasteiger partial charge in [-0.05, 0) is 57.5 Å². The Hall–Kier alpha value is -0.0800. The van der Waals surface area contributed by atoms with E-state index >= 15 is 0 Å². The first-order chi connectivity index (χ1) is 8.23. The molecule has 1 atom stereocenters. The third kappa shape index (κ3) is 2.85. The molecule has 0 aromatic rings. The smallest absolute Gasteiger partial charge is 0.0723 e. The van der Waals surface area contributed by atoms with Gasteiger partial charge in [-0.2, -0.15) is 0 Å². The number of aliphatic hydroxyl groups excluding tert-OH is 1. The maximum Gasteiger partial charge on any atom is 0.0723 e. The van der Waals surface area contributed by atoms with Crippen LogP contribution in [0.25, 0.3) is 0 Å². The number of hydrogen-bond acceptors (Lipinski definition) is 2. The lowest BCUT2D eigenvalue weighted by Gasteiger charge is -2.44. The van der Waals surface area contributed by atoms with Crippen LogP contribution in [0.5, 0.6) is 0 Å². The van der Waals surface area contributed by atoms with E-state index in [1.807, 2.05) is 0 Å². The molecule has 1 unspecified atom stereocenters. The van der Waals surface area contributed by atoms with Crippen LogP contribution in [-0.4, -0.2) is 34.7 Å². The Morgan fingerprint density at radius 1 is 1.18 bits per heavy atom. The highest BCUT2D eigenvalue weighted by atomic mass is 16.3. The van der Waals surface area contributed by atoms with Gasteiger partial charge in [0.25, 0.3) is 0 Å². The molecule has 0 amide bonds. The van der Waals surface area contributed by atoms with Crippen molar-refractivity contribution in [1.82, 2.24) is 4.90 Å². The average molecular weight is 239 g/mol. The molecule has 2 aliphatic rings. The molecule has 100 valence electrons. The molecule has 0 aromatic carbocycles. The summed E-state index contributed by atoms with van der Waals surface area (Å²) in [4.78, 5) is 2.57. The molecule has 2 rings (SSSR count). The summed E-state index contributed by atoms with van der Waals surface area (Å²) in [5, 5.41) is 10.7. The lowest BCUT2D eigenvalue weighted by molar-refractivity contribution is -0.0330. The zero-order valence-electron chi connectivity index (χ0n) is 11.6. The molecule has 1 heterocycles. The number of aliphatic hydroxyl groups is 1. The van der Waals surface area contributed by atoms with E-state index in [-0.39, 0.29) is 11.6 Å². The largest absolute Gasteiger partial charge is 0.391 e.